The van der Waals surface area contributed by atoms with Crippen LogP contribution in [0.3, 0.4) is 0 Å². The number of hydrogen-bond acceptors (Lipinski definition) is 7. The van der Waals surface area contributed by atoms with Gasteiger partial charge in [0, 0.05) is 18.3 Å². The molecule has 0 aliphatic heterocycles. The number of nitrogens with one attached hydrogen (secondary N) is 1. The molecule has 0 fully saturated rings. The van der Waals surface area contributed by atoms with Gasteiger partial charge in [0.2, 0.25) is 10.0 Å². The van der Waals surface area contributed by atoms with Crippen LogP contribution in [-0.4, -0.2) is 47.6 Å². The highest BCUT2D eigenvalue weighted by atomic mass is 32.2. The Labute approximate surface area is 171 Å². The Morgan fingerprint density at radius 1 is 1.34 bits per heavy atom. The fourth-order valence-corrected chi connectivity index (χ4v) is 3.56. The van der Waals surface area contributed by atoms with Crippen molar-refractivity contribution < 1.29 is 27.1 Å². The lowest BCUT2D eigenvalue weighted by atomic mass is 10.2. The lowest BCUT2D eigenvalue weighted by Crippen LogP contribution is -2.41. The van der Waals surface area contributed by atoms with Crippen molar-refractivity contribution in [2.75, 3.05) is 7.11 Å². The van der Waals surface area contributed by atoms with Crippen molar-refractivity contribution in [2.45, 2.75) is 42.9 Å². The summed E-state index contributed by atoms with van der Waals surface area (Å²) in [5.41, 5.74) is -0.261. The highest BCUT2D eigenvalue weighted by molar-refractivity contribution is 7.89. The molecule has 0 amide bonds. The molecule has 0 spiro atoms. The van der Waals surface area contributed by atoms with Crippen LogP contribution in [-0.2, 0) is 30.5 Å². The summed E-state index contributed by atoms with van der Waals surface area (Å²) in [6.07, 6.45) is 4.18. The summed E-state index contributed by atoms with van der Waals surface area (Å²) in [4.78, 5) is 21.7. The Hall–Kier alpha value is -2.44. The Morgan fingerprint density at radius 3 is 2.41 bits per heavy atom. The topological polar surface area (TPSA) is 145 Å². The van der Waals surface area contributed by atoms with E-state index < -0.39 is 42.7 Å². The monoisotopic (exact) mass is 445 g/mol. The molecule has 0 bridgehead atoms. The number of hydrogen-bond donors (Lipinski definition) is 1. The molecule has 1 aromatic carbocycles. The fourth-order valence-electron chi connectivity index (χ4n) is 1.86. The van der Waals surface area contributed by atoms with Crippen molar-refractivity contribution in [3.05, 3.63) is 46.5 Å². The van der Waals surface area contributed by atoms with Crippen LogP contribution in [0.4, 0.5) is 5.69 Å². The zero-order chi connectivity index (χ0) is 22.2. The number of benzene rings is 1. The highest BCUT2D eigenvalue weighted by Crippen LogP contribution is 2.16. The van der Waals surface area contributed by atoms with Gasteiger partial charge in [-0.15, -0.1) is 0 Å². The molecule has 1 rings (SSSR count). The Balaban J connectivity index is 2.89. The van der Waals surface area contributed by atoms with Crippen molar-refractivity contribution >= 4 is 38.9 Å². The molecule has 1 N–H and O–H groups in total. The summed E-state index contributed by atoms with van der Waals surface area (Å²) >= 11 is 0. The van der Waals surface area contributed by atoms with Gasteiger partial charge in [0.1, 0.15) is 17.0 Å². The highest BCUT2D eigenvalue weighted by Gasteiger charge is 2.26. The van der Waals surface area contributed by atoms with Gasteiger partial charge in [-0.2, -0.15) is 9.12 Å². The normalized spacial score (nSPS) is 14.8. The summed E-state index contributed by atoms with van der Waals surface area (Å²) in [6, 6.07) is 3.01. The zero-order valence-corrected chi connectivity index (χ0v) is 18.0. The van der Waals surface area contributed by atoms with Crippen molar-refractivity contribution in [1.29, 1.82) is 0 Å². The lowest BCUT2D eigenvalue weighted by Gasteiger charge is -2.15. The largest absolute Gasteiger partial charge is 0.468 e. The molecule has 0 saturated heterocycles. The number of methoxy groups -OCH3 is 1. The van der Waals surface area contributed by atoms with E-state index in [1.807, 2.05) is 0 Å². The van der Waals surface area contributed by atoms with Gasteiger partial charge in [-0.1, -0.05) is 6.08 Å². The van der Waals surface area contributed by atoms with Gasteiger partial charge in [0.25, 0.3) is 5.69 Å². The van der Waals surface area contributed by atoms with Crippen LogP contribution in [0.1, 0.15) is 27.2 Å². The number of carbonyl (C=O) groups is 1. The second kappa shape index (κ2) is 10.4. The zero-order valence-electron chi connectivity index (χ0n) is 16.4. The predicted molar refractivity (Wildman–Crippen MR) is 109 cm³/mol. The minimum Gasteiger partial charge on any atom is -0.468 e. The minimum absolute atomic E-state index is 0.0486. The van der Waals surface area contributed by atoms with E-state index in [9.17, 15) is 27.5 Å². The average molecular weight is 446 g/mol. The molecule has 10 nitrogen and oxygen atoms in total. The van der Waals surface area contributed by atoms with Crippen LogP contribution in [0.5, 0.6) is 0 Å². The number of nitro benzene ring substituents is 1. The summed E-state index contributed by atoms with van der Waals surface area (Å²) < 4.78 is 46.9. The SMILES string of the molecule is COC(=O)[C@H](C/C=C/C=N/[S@@](=O)C(C)(C)C)NS(=O)(=O)c1ccc([N+](=O)[O-])cc1. The number of nitrogens with zero attached hydrogens (tertiary/aromatic N) is 2. The van der Waals surface area contributed by atoms with Gasteiger partial charge >= 0.3 is 5.97 Å². The van der Waals surface area contributed by atoms with E-state index in [0.29, 0.717) is 0 Å². The van der Waals surface area contributed by atoms with Gasteiger partial charge < -0.3 is 4.74 Å². The van der Waals surface area contributed by atoms with Crippen molar-refractivity contribution in [1.82, 2.24) is 4.72 Å². The van der Waals surface area contributed by atoms with E-state index in [-0.39, 0.29) is 17.0 Å². The number of rotatable bonds is 9. The first-order chi connectivity index (χ1) is 13.4. The second-order valence-corrected chi connectivity index (χ2v) is 10.4. The van der Waals surface area contributed by atoms with Gasteiger partial charge in [-0.05, 0) is 45.4 Å². The predicted octanol–water partition coefficient (Wildman–Crippen LogP) is 1.89. The first-order valence-electron chi connectivity index (χ1n) is 8.34. The molecule has 0 heterocycles. The third-order valence-electron chi connectivity index (χ3n) is 3.42. The third-order valence-corrected chi connectivity index (χ3v) is 6.26. The number of sulfonamides is 1. The molecular formula is C17H23N3O7S2. The van der Waals surface area contributed by atoms with Gasteiger partial charge in [-0.3, -0.25) is 14.9 Å². The smallest absolute Gasteiger partial charge is 0.324 e. The molecule has 0 aliphatic rings. The van der Waals surface area contributed by atoms with Gasteiger partial charge in [0.05, 0.1) is 21.7 Å². The maximum Gasteiger partial charge on any atom is 0.324 e. The Kier molecular flexibility index (Phi) is 8.80. The molecular weight excluding hydrogens is 422 g/mol. The second-order valence-electron chi connectivity index (χ2n) is 6.73. The van der Waals surface area contributed by atoms with Gasteiger partial charge in [-0.25, -0.2) is 12.6 Å². The summed E-state index contributed by atoms with van der Waals surface area (Å²) in [5.74, 6) is -0.810. The molecule has 0 aromatic heterocycles. The first-order valence-corrected chi connectivity index (χ1v) is 10.9. The van der Waals surface area contributed by atoms with Crippen LogP contribution in [0.25, 0.3) is 0 Å². The fraction of sp³-hybridized carbons (Fsp3) is 0.412. The van der Waals surface area contributed by atoms with Crippen molar-refractivity contribution in [3.8, 4) is 0 Å². The van der Waals surface area contributed by atoms with E-state index in [0.717, 1.165) is 31.4 Å². The Bertz CT molecular complexity index is 917. The molecule has 29 heavy (non-hydrogen) atoms. The molecule has 160 valence electrons. The molecule has 12 heteroatoms. The van der Waals surface area contributed by atoms with Crippen LogP contribution in [0, 0.1) is 10.1 Å². The number of esters is 1. The maximum atomic E-state index is 12.5. The first kappa shape index (κ1) is 24.6. The van der Waals surface area contributed by atoms with E-state index in [2.05, 4.69) is 13.9 Å². The molecule has 0 unspecified atom stereocenters. The van der Waals surface area contributed by atoms with Gasteiger partial charge in [0.15, 0.2) is 0 Å². The lowest BCUT2D eigenvalue weighted by molar-refractivity contribution is -0.384. The maximum absolute atomic E-state index is 12.5. The molecule has 1 aromatic rings. The quantitative estimate of drug-likeness (QED) is 0.264. The summed E-state index contributed by atoms with van der Waals surface area (Å²) in [7, 11) is -4.44. The number of allylic oxidation sites excluding steroid dienone is 1. The number of nitro groups is 1. The van der Waals surface area contributed by atoms with Crippen LogP contribution < -0.4 is 4.72 Å². The van der Waals surface area contributed by atoms with Crippen molar-refractivity contribution in [3.63, 3.8) is 0 Å². The van der Waals surface area contributed by atoms with Crippen LogP contribution >= 0.6 is 0 Å². The standard InChI is InChI=1S/C17H23N3O7S2/c1-17(2,3)28(24)18-12-6-5-7-15(16(21)27-4)19-29(25,26)14-10-8-13(9-11-14)20(22)23/h5-6,8-12,15,19H,7H2,1-4H3/b6-5+,18-12+/t15-,28-/m0/s1. The molecule has 2 atom stereocenters. The molecule has 0 saturated carbocycles. The van der Waals surface area contributed by atoms with E-state index in [1.165, 1.54) is 18.4 Å². The average Bonchev–Trinajstić information content (AvgIpc) is 2.65. The van der Waals surface area contributed by atoms with E-state index in [1.54, 1.807) is 20.8 Å². The molecule has 0 radical (unpaired) electrons. The Morgan fingerprint density at radius 2 is 1.93 bits per heavy atom. The number of ether oxygens (including phenoxy) is 1. The van der Waals surface area contributed by atoms with Crippen LogP contribution in [0.15, 0.2) is 45.7 Å². The molecule has 0 aliphatic carbocycles. The summed E-state index contributed by atoms with van der Waals surface area (Å²) in [5, 5.41) is 10.7. The number of carbonyl (C=O) groups excluding carboxylic acids is 1. The minimum atomic E-state index is -4.12. The van der Waals surface area contributed by atoms with E-state index in [4.69, 9.17) is 0 Å². The van der Waals surface area contributed by atoms with E-state index >= 15 is 0 Å². The number of non-ortho nitro benzene ring substituents is 1. The summed E-state index contributed by atoms with van der Waals surface area (Å²) in [6.45, 7) is 5.30. The van der Waals surface area contributed by atoms with Crippen LogP contribution in [0.2, 0.25) is 0 Å². The third kappa shape index (κ3) is 7.83. The van der Waals surface area contributed by atoms with Crippen molar-refractivity contribution in [2.24, 2.45) is 4.40 Å².